The molecule has 0 aliphatic heterocycles. The highest BCUT2D eigenvalue weighted by Gasteiger charge is 2.43. The Morgan fingerprint density at radius 2 is 2.33 bits per heavy atom. The topological polar surface area (TPSA) is 34.9 Å². The van der Waals surface area contributed by atoms with Crippen LogP contribution in [-0.2, 0) is 10.3 Å². The fourth-order valence-electron chi connectivity index (χ4n) is 1.78. The molecule has 1 aliphatic carbocycles. The molecule has 1 heterocycles. The van der Waals surface area contributed by atoms with Crippen molar-refractivity contribution >= 4 is 5.78 Å². The molecule has 0 radical (unpaired) electrons. The number of rotatable bonds is 2. The quantitative estimate of drug-likeness (QED) is 0.661. The molecule has 1 aliphatic rings. The van der Waals surface area contributed by atoms with E-state index in [9.17, 15) is 4.79 Å². The number of ketones is 1. The van der Waals surface area contributed by atoms with Crippen LogP contribution in [0.1, 0.15) is 26.2 Å². The number of nitrogens with zero attached hydrogens (tertiary/aromatic N) is 2. The Balaban J connectivity index is 2.35. The van der Waals surface area contributed by atoms with Crippen LogP contribution >= 0.6 is 0 Å². The number of carbonyl (C=O) groups is 1. The van der Waals surface area contributed by atoms with Gasteiger partial charge in [0.15, 0.2) is 5.78 Å². The van der Waals surface area contributed by atoms with Crippen LogP contribution in [0.5, 0.6) is 0 Å². The minimum atomic E-state index is -0.288. The van der Waals surface area contributed by atoms with E-state index in [2.05, 4.69) is 5.10 Å². The van der Waals surface area contributed by atoms with Crippen LogP contribution in [0, 0.1) is 0 Å². The van der Waals surface area contributed by atoms with Crippen molar-refractivity contribution in [3.05, 3.63) is 18.5 Å². The summed E-state index contributed by atoms with van der Waals surface area (Å²) in [7, 11) is 0. The van der Waals surface area contributed by atoms with Crippen molar-refractivity contribution in [3.8, 4) is 0 Å². The van der Waals surface area contributed by atoms with Crippen LogP contribution in [0.2, 0.25) is 0 Å². The monoisotopic (exact) mass is 164 g/mol. The van der Waals surface area contributed by atoms with Crippen molar-refractivity contribution in [2.24, 2.45) is 0 Å². The maximum absolute atomic E-state index is 11.4. The Bertz CT molecular complexity index is 285. The Kier molecular flexibility index (Phi) is 1.53. The summed E-state index contributed by atoms with van der Waals surface area (Å²) >= 11 is 0. The van der Waals surface area contributed by atoms with Crippen LogP contribution in [0.25, 0.3) is 0 Å². The van der Waals surface area contributed by atoms with E-state index in [4.69, 9.17) is 0 Å². The highest BCUT2D eigenvalue weighted by Crippen LogP contribution is 2.39. The van der Waals surface area contributed by atoms with Crippen LogP contribution in [-0.4, -0.2) is 15.6 Å². The number of hydrogen-bond acceptors (Lipinski definition) is 2. The van der Waals surface area contributed by atoms with Gasteiger partial charge in [0.25, 0.3) is 0 Å². The lowest BCUT2D eigenvalue weighted by molar-refractivity contribution is -0.130. The first-order chi connectivity index (χ1) is 5.76. The smallest absolute Gasteiger partial charge is 0.157 e. The summed E-state index contributed by atoms with van der Waals surface area (Å²) in [5.74, 6) is 0.234. The third-order valence-corrected chi connectivity index (χ3v) is 2.78. The van der Waals surface area contributed by atoms with Crippen LogP contribution in [0.15, 0.2) is 18.5 Å². The van der Waals surface area contributed by atoms with E-state index < -0.39 is 0 Å². The Morgan fingerprint density at radius 1 is 1.58 bits per heavy atom. The second kappa shape index (κ2) is 2.44. The molecular weight excluding hydrogens is 152 g/mol. The second-order valence-electron chi connectivity index (χ2n) is 3.39. The van der Waals surface area contributed by atoms with Crippen LogP contribution in [0.3, 0.4) is 0 Å². The molecule has 0 saturated heterocycles. The summed E-state index contributed by atoms with van der Waals surface area (Å²) in [6.07, 6.45) is 6.64. The summed E-state index contributed by atoms with van der Waals surface area (Å²) < 4.78 is 1.80. The van der Waals surface area contributed by atoms with Gasteiger partial charge in [0.05, 0.1) is 0 Å². The fourth-order valence-corrected chi connectivity index (χ4v) is 1.78. The number of aromatic nitrogens is 2. The average Bonchev–Trinajstić information content (AvgIpc) is 2.35. The maximum atomic E-state index is 11.4. The maximum Gasteiger partial charge on any atom is 0.157 e. The molecule has 0 atom stereocenters. The van der Waals surface area contributed by atoms with E-state index >= 15 is 0 Å². The first kappa shape index (κ1) is 7.53. The van der Waals surface area contributed by atoms with Gasteiger partial charge in [0.2, 0.25) is 0 Å². The van der Waals surface area contributed by atoms with Gasteiger partial charge < -0.3 is 0 Å². The van der Waals surface area contributed by atoms with E-state index in [1.54, 1.807) is 17.8 Å². The van der Waals surface area contributed by atoms with Crippen LogP contribution < -0.4 is 0 Å². The van der Waals surface area contributed by atoms with Crippen molar-refractivity contribution in [1.82, 2.24) is 9.78 Å². The van der Waals surface area contributed by atoms with Crippen molar-refractivity contribution < 1.29 is 4.79 Å². The zero-order chi connectivity index (χ0) is 8.60. The van der Waals surface area contributed by atoms with Crippen molar-refractivity contribution in [2.75, 3.05) is 0 Å². The molecule has 0 N–H and O–H groups in total. The number of carbonyl (C=O) groups excluding carboxylic acids is 1. The van der Waals surface area contributed by atoms with Gasteiger partial charge in [-0.2, -0.15) is 5.10 Å². The lowest BCUT2D eigenvalue weighted by Crippen LogP contribution is -2.46. The van der Waals surface area contributed by atoms with E-state index in [1.165, 1.54) is 0 Å². The van der Waals surface area contributed by atoms with Crippen molar-refractivity contribution in [2.45, 2.75) is 31.7 Å². The molecule has 1 saturated carbocycles. The molecule has 3 nitrogen and oxygen atoms in total. The fraction of sp³-hybridized carbons (Fsp3) is 0.556. The molecule has 1 aromatic heterocycles. The molecule has 0 amide bonds. The van der Waals surface area contributed by atoms with Gasteiger partial charge in [-0.15, -0.1) is 0 Å². The Hall–Kier alpha value is -1.12. The van der Waals surface area contributed by atoms with Crippen LogP contribution in [0.4, 0.5) is 0 Å². The summed E-state index contributed by atoms with van der Waals surface area (Å²) in [5.41, 5.74) is -0.288. The summed E-state index contributed by atoms with van der Waals surface area (Å²) in [4.78, 5) is 11.4. The first-order valence-electron chi connectivity index (χ1n) is 4.27. The largest absolute Gasteiger partial charge is 0.297 e. The summed E-state index contributed by atoms with van der Waals surface area (Å²) in [6, 6.07) is 1.86. The first-order valence-corrected chi connectivity index (χ1v) is 4.27. The zero-order valence-electron chi connectivity index (χ0n) is 7.16. The van der Waals surface area contributed by atoms with E-state index in [0.717, 1.165) is 19.3 Å². The average molecular weight is 164 g/mol. The van der Waals surface area contributed by atoms with Gasteiger partial charge in [0.1, 0.15) is 5.54 Å². The highest BCUT2D eigenvalue weighted by atomic mass is 16.1. The minimum Gasteiger partial charge on any atom is -0.297 e. The second-order valence-corrected chi connectivity index (χ2v) is 3.39. The van der Waals surface area contributed by atoms with Gasteiger partial charge in [-0.25, -0.2) is 0 Å². The van der Waals surface area contributed by atoms with E-state index in [1.807, 2.05) is 12.3 Å². The third kappa shape index (κ3) is 0.823. The SMILES string of the molecule is CC(=O)C1(n2cccn2)CCC1. The molecule has 0 bridgehead atoms. The highest BCUT2D eigenvalue weighted by molar-refractivity contribution is 5.85. The molecule has 2 rings (SSSR count). The summed E-state index contributed by atoms with van der Waals surface area (Å²) in [5, 5.41) is 4.13. The molecule has 0 spiro atoms. The number of Topliss-reactive ketones (excluding diaryl/α,β-unsaturated/α-hetero) is 1. The van der Waals surface area contributed by atoms with Gasteiger partial charge in [-0.3, -0.25) is 9.48 Å². The number of hydrogen-bond donors (Lipinski definition) is 0. The van der Waals surface area contributed by atoms with Gasteiger partial charge in [0, 0.05) is 12.4 Å². The molecule has 0 aromatic carbocycles. The predicted molar refractivity (Wildman–Crippen MR) is 44.7 cm³/mol. The molecule has 3 heteroatoms. The van der Waals surface area contributed by atoms with Gasteiger partial charge >= 0.3 is 0 Å². The van der Waals surface area contributed by atoms with E-state index in [0.29, 0.717) is 0 Å². The minimum absolute atomic E-state index is 0.234. The Morgan fingerprint density at radius 3 is 2.67 bits per heavy atom. The summed E-state index contributed by atoms with van der Waals surface area (Å²) in [6.45, 7) is 1.65. The lowest BCUT2D eigenvalue weighted by Gasteiger charge is -2.39. The Labute approximate surface area is 71.4 Å². The van der Waals surface area contributed by atoms with Crippen molar-refractivity contribution in [1.29, 1.82) is 0 Å². The van der Waals surface area contributed by atoms with Gasteiger partial charge in [-0.1, -0.05) is 0 Å². The molecule has 0 unspecified atom stereocenters. The molecule has 1 fully saturated rings. The lowest BCUT2D eigenvalue weighted by atomic mass is 9.74. The standard InChI is InChI=1S/C9H12N2O/c1-8(12)9(4-2-5-9)11-7-3-6-10-11/h3,6-7H,2,4-5H2,1H3. The molecular formula is C9H12N2O. The third-order valence-electron chi connectivity index (χ3n) is 2.78. The molecule has 12 heavy (non-hydrogen) atoms. The zero-order valence-corrected chi connectivity index (χ0v) is 7.16. The van der Waals surface area contributed by atoms with Crippen molar-refractivity contribution in [3.63, 3.8) is 0 Å². The predicted octanol–water partition coefficient (Wildman–Crippen LogP) is 1.35. The molecule has 64 valence electrons. The van der Waals surface area contributed by atoms with E-state index in [-0.39, 0.29) is 11.3 Å². The van der Waals surface area contributed by atoms with Gasteiger partial charge in [-0.05, 0) is 32.3 Å². The normalized spacial score (nSPS) is 20.1. The molecule has 1 aromatic rings.